The van der Waals surface area contributed by atoms with Crippen LogP contribution in [0.1, 0.15) is 0 Å². The van der Waals surface area contributed by atoms with E-state index in [1.807, 2.05) is 0 Å². The normalized spacial score (nSPS) is 17.4. The van der Waals surface area contributed by atoms with Gasteiger partial charge in [0, 0.05) is 0 Å². The zero-order valence-electron chi connectivity index (χ0n) is 10.4. The van der Waals surface area contributed by atoms with Crippen molar-refractivity contribution in [2.75, 3.05) is 0 Å². The molecule has 0 aliphatic rings. The van der Waals surface area contributed by atoms with Crippen molar-refractivity contribution in [3.8, 4) is 0 Å². The van der Waals surface area contributed by atoms with Crippen LogP contribution < -0.4 is 5.73 Å². The van der Waals surface area contributed by atoms with Crippen LogP contribution in [-0.4, -0.2) is 48.3 Å². The number of alkyl halides is 15. The molecule has 0 heterocycles. The second-order valence-electron chi connectivity index (χ2n) is 4.25. The molecule has 0 aliphatic carbocycles. The van der Waals surface area contributed by atoms with Gasteiger partial charge in [0.05, 0.1) is 0 Å². The van der Waals surface area contributed by atoms with Crippen LogP contribution in [-0.2, 0) is 0 Å². The second-order valence-corrected chi connectivity index (χ2v) is 4.25. The maximum absolute atomic E-state index is 12.9. The third-order valence-corrected chi connectivity index (χ3v) is 2.64. The fourth-order valence-electron chi connectivity index (χ4n) is 1.12. The van der Waals surface area contributed by atoms with Gasteiger partial charge in [0.1, 0.15) is 0 Å². The number of hydrogen-bond donors (Lipinski definition) is 1. The van der Waals surface area contributed by atoms with Crippen LogP contribution in [0.3, 0.4) is 0 Å². The first-order chi connectivity index (χ1) is 10.1. The van der Waals surface area contributed by atoms with Crippen molar-refractivity contribution in [3.63, 3.8) is 0 Å². The van der Waals surface area contributed by atoms with Gasteiger partial charge in [-0.3, -0.25) is 5.73 Å². The molecule has 0 aromatic heterocycles. The highest BCUT2D eigenvalue weighted by Crippen LogP contribution is 2.61. The molecule has 0 radical (unpaired) electrons. The molecule has 1 unspecified atom stereocenters. The van der Waals surface area contributed by atoms with Gasteiger partial charge in [0.2, 0.25) is 6.30 Å². The van der Waals surface area contributed by atoms with E-state index in [1.54, 1.807) is 0 Å². The van der Waals surface area contributed by atoms with E-state index in [1.165, 1.54) is 0 Å². The highest BCUT2D eigenvalue weighted by atomic mass is 19.4. The van der Waals surface area contributed by atoms with Crippen molar-refractivity contribution in [2.45, 2.75) is 48.3 Å². The van der Waals surface area contributed by atoms with E-state index in [-0.39, 0.29) is 0 Å². The molecule has 1 nitrogen and oxygen atoms in total. The lowest BCUT2D eigenvalue weighted by atomic mass is 9.91. The summed E-state index contributed by atoms with van der Waals surface area (Å²) in [6, 6.07) is 0. The third kappa shape index (κ3) is 2.65. The Balaban J connectivity index is 6.38. The molecule has 1 atom stereocenters. The Morgan fingerprint density at radius 2 is 0.708 bits per heavy atom. The van der Waals surface area contributed by atoms with Crippen molar-refractivity contribution in [2.24, 2.45) is 5.73 Å². The van der Waals surface area contributed by atoms with Gasteiger partial charge in [-0.1, -0.05) is 0 Å². The molecule has 146 valence electrons. The van der Waals surface area contributed by atoms with Gasteiger partial charge in [-0.2, -0.15) is 52.7 Å². The molecule has 0 aromatic rings. The fraction of sp³-hybridized carbons (Fsp3) is 1.00. The molecule has 24 heavy (non-hydrogen) atoms. The molecule has 0 bridgehead atoms. The summed E-state index contributed by atoms with van der Waals surface area (Å²) >= 11 is 0. The summed E-state index contributed by atoms with van der Waals surface area (Å²) in [6.07, 6.45) is -10.6. The van der Waals surface area contributed by atoms with Crippen LogP contribution in [0.15, 0.2) is 0 Å². The molecule has 0 aromatic carbocycles. The van der Waals surface area contributed by atoms with E-state index in [4.69, 9.17) is 0 Å². The minimum Gasteiger partial charge on any atom is -0.296 e. The highest BCUT2D eigenvalue weighted by Gasteiger charge is 2.91. The monoisotopic (exact) mass is 399 g/mol. The van der Waals surface area contributed by atoms with Gasteiger partial charge in [0.25, 0.3) is 0 Å². The summed E-state index contributed by atoms with van der Waals surface area (Å²) < 4.78 is 188. The minimum atomic E-state index is -8.16. The molecule has 0 amide bonds. The van der Waals surface area contributed by atoms with Crippen molar-refractivity contribution in [3.05, 3.63) is 0 Å². The van der Waals surface area contributed by atoms with E-state index in [9.17, 15) is 65.9 Å². The maximum atomic E-state index is 12.9. The largest absolute Gasteiger partial charge is 0.384 e. The first kappa shape index (κ1) is 22.9. The Bertz CT molecular complexity index is 410. The number of halogens is 15. The Morgan fingerprint density at radius 1 is 0.458 bits per heavy atom. The van der Waals surface area contributed by atoms with Crippen LogP contribution in [0.25, 0.3) is 0 Å². The van der Waals surface area contributed by atoms with Gasteiger partial charge in [-0.15, -0.1) is 0 Å². The SMILES string of the molecule is NC(F)C(F)(F)C(F)(F)C(F)(F)C(F)(F)C(F)(F)C(F)(F)C(F)F. The van der Waals surface area contributed by atoms with E-state index >= 15 is 0 Å². The summed E-state index contributed by atoms with van der Waals surface area (Å²) in [6.45, 7) is 0. The summed E-state index contributed by atoms with van der Waals surface area (Å²) in [4.78, 5) is 0. The zero-order valence-corrected chi connectivity index (χ0v) is 10.4. The minimum absolute atomic E-state index is 3.51. The van der Waals surface area contributed by atoms with E-state index in [0.717, 1.165) is 0 Å². The van der Waals surface area contributed by atoms with Crippen molar-refractivity contribution in [1.29, 1.82) is 0 Å². The highest BCUT2D eigenvalue weighted by molar-refractivity contribution is 5.12. The average Bonchev–Trinajstić information content (AvgIpc) is 2.36. The molecule has 0 rings (SSSR count). The molecule has 0 saturated heterocycles. The lowest BCUT2D eigenvalue weighted by molar-refractivity contribution is -0.436. The lowest BCUT2D eigenvalue weighted by Crippen LogP contribution is -2.73. The van der Waals surface area contributed by atoms with Crippen LogP contribution in [0.5, 0.6) is 0 Å². The van der Waals surface area contributed by atoms with E-state index < -0.39 is 48.3 Å². The summed E-state index contributed by atoms with van der Waals surface area (Å²) in [5, 5.41) is 0. The predicted molar refractivity (Wildman–Crippen MR) is 44.8 cm³/mol. The van der Waals surface area contributed by atoms with Crippen LogP contribution in [0.2, 0.25) is 0 Å². The molecule has 0 spiro atoms. The Morgan fingerprint density at radius 3 is 0.917 bits per heavy atom. The van der Waals surface area contributed by atoms with Crippen LogP contribution >= 0.6 is 0 Å². The van der Waals surface area contributed by atoms with Gasteiger partial charge in [0.15, 0.2) is 0 Å². The number of nitrogens with two attached hydrogens (primary N) is 1. The third-order valence-electron chi connectivity index (χ3n) is 2.64. The molecule has 2 N–H and O–H groups in total. The van der Waals surface area contributed by atoms with Crippen LogP contribution in [0, 0.1) is 0 Å². The number of hydrogen-bond acceptors (Lipinski definition) is 1. The number of rotatable bonds is 7. The van der Waals surface area contributed by atoms with Crippen LogP contribution in [0.4, 0.5) is 65.9 Å². The Hall–Kier alpha value is -1.09. The quantitative estimate of drug-likeness (QED) is 0.501. The average molecular weight is 399 g/mol. The first-order valence-corrected chi connectivity index (χ1v) is 5.08. The Labute approximate surface area is 121 Å². The predicted octanol–water partition coefficient (Wildman–Crippen LogP) is 4.32. The van der Waals surface area contributed by atoms with Gasteiger partial charge in [-0.25, -0.2) is 13.2 Å². The molecule has 0 fully saturated rings. The van der Waals surface area contributed by atoms with E-state index in [2.05, 4.69) is 5.73 Å². The molecular formula is C8H4F15N. The zero-order chi connectivity index (χ0) is 20.2. The smallest absolute Gasteiger partial charge is 0.296 e. The van der Waals surface area contributed by atoms with Gasteiger partial charge in [-0.05, 0) is 0 Å². The summed E-state index contributed by atoms with van der Waals surface area (Å²) in [5.74, 6) is -46.3. The molecule has 0 saturated carbocycles. The van der Waals surface area contributed by atoms with Crippen molar-refractivity contribution >= 4 is 0 Å². The maximum Gasteiger partial charge on any atom is 0.384 e. The molecule has 16 heteroatoms. The topological polar surface area (TPSA) is 26.0 Å². The lowest BCUT2D eigenvalue weighted by Gasteiger charge is -2.41. The molecular weight excluding hydrogens is 395 g/mol. The fourth-order valence-corrected chi connectivity index (χ4v) is 1.12. The van der Waals surface area contributed by atoms with Gasteiger partial charge >= 0.3 is 42.0 Å². The summed E-state index contributed by atoms with van der Waals surface area (Å²) in [5.41, 5.74) is 3.51. The Kier molecular flexibility index (Phi) is 5.46. The second kappa shape index (κ2) is 5.72. The summed E-state index contributed by atoms with van der Waals surface area (Å²) in [7, 11) is 0. The van der Waals surface area contributed by atoms with Crippen molar-refractivity contribution in [1.82, 2.24) is 0 Å². The standard InChI is InChI=1S/C8H4F15N/c9-1(10)3(12,13)5(16,17)7(20,21)8(22,23)6(18,19)4(14,15)2(11)24/h1-2H,24H2. The van der Waals surface area contributed by atoms with Gasteiger partial charge < -0.3 is 0 Å². The molecule has 0 aliphatic heterocycles. The van der Waals surface area contributed by atoms with E-state index in [0.29, 0.717) is 0 Å². The van der Waals surface area contributed by atoms with Crippen molar-refractivity contribution < 1.29 is 65.9 Å². The first-order valence-electron chi connectivity index (χ1n) is 5.08.